The van der Waals surface area contributed by atoms with Crippen molar-refractivity contribution in [3.05, 3.63) is 0 Å². The molecular formula is C21H43NO3. The molecule has 0 rings (SSSR count). The summed E-state index contributed by atoms with van der Waals surface area (Å²) in [6.45, 7) is 10.7. The highest BCUT2D eigenvalue weighted by atomic mass is 16.4. The Bertz CT molecular complexity index is 325. The van der Waals surface area contributed by atoms with E-state index in [0.29, 0.717) is 17.4 Å². The molecule has 4 heteroatoms. The highest BCUT2D eigenvalue weighted by Gasteiger charge is 2.38. The van der Waals surface area contributed by atoms with Crippen molar-refractivity contribution in [2.45, 2.75) is 110 Å². The zero-order valence-corrected chi connectivity index (χ0v) is 17.3. The van der Waals surface area contributed by atoms with Gasteiger partial charge in [-0.25, -0.2) is 0 Å². The summed E-state index contributed by atoms with van der Waals surface area (Å²) in [6.07, 6.45) is 10.5. The average molecular weight is 358 g/mol. The summed E-state index contributed by atoms with van der Waals surface area (Å²) >= 11 is 0. The van der Waals surface area contributed by atoms with E-state index < -0.39 is 18.1 Å². The monoisotopic (exact) mass is 357 g/mol. The van der Waals surface area contributed by atoms with Crippen molar-refractivity contribution in [2.75, 3.05) is 19.6 Å². The Morgan fingerprint density at radius 1 is 0.840 bits per heavy atom. The molecule has 2 atom stereocenters. The summed E-state index contributed by atoms with van der Waals surface area (Å²) < 4.78 is 0.507. The van der Waals surface area contributed by atoms with Crippen LogP contribution in [0.2, 0.25) is 0 Å². The molecule has 0 aromatic carbocycles. The molecule has 0 saturated heterocycles. The Morgan fingerprint density at radius 2 is 1.40 bits per heavy atom. The van der Waals surface area contributed by atoms with Gasteiger partial charge in [0.25, 0.3) is 0 Å². The first-order valence-corrected chi connectivity index (χ1v) is 10.7. The van der Waals surface area contributed by atoms with Crippen LogP contribution in [-0.2, 0) is 4.79 Å². The molecule has 0 spiro atoms. The first-order chi connectivity index (χ1) is 12.0. The van der Waals surface area contributed by atoms with Gasteiger partial charge < -0.3 is 19.5 Å². The minimum Gasteiger partial charge on any atom is -0.544 e. The molecule has 0 aliphatic rings. The fourth-order valence-corrected chi connectivity index (χ4v) is 3.89. The van der Waals surface area contributed by atoms with Gasteiger partial charge in [-0.15, -0.1) is 0 Å². The lowest BCUT2D eigenvalue weighted by molar-refractivity contribution is -0.948. The van der Waals surface area contributed by atoms with Crippen molar-refractivity contribution in [3.8, 4) is 0 Å². The van der Waals surface area contributed by atoms with Gasteiger partial charge in [-0.1, -0.05) is 72.6 Å². The van der Waals surface area contributed by atoms with Crippen LogP contribution < -0.4 is 5.11 Å². The molecule has 150 valence electrons. The molecule has 0 aliphatic carbocycles. The minimum atomic E-state index is -0.938. The van der Waals surface area contributed by atoms with Crippen LogP contribution in [0.25, 0.3) is 0 Å². The zero-order chi connectivity index (χ0) is 19.1. The van der Waals surface area contributed by atoms with Crippen LogP contribution in [0.15, 0.2) is 0 Å². The molecule has 0 aromatic rings. The molecule has 0 radical (unpaired) electrons. The second-order valence-electron chi connectivity index (χ2n) is 7.68. The average Bonchev–Trinajstić information content (AvgIpc) is 2.59. The van der Waals surface area contributed by atoms with E-state index in [2.05, 4.69) is 20.8 Å². The number of aliphatic carboxylic acids is 1. The van der Waals surface area contributed by atoms with E-state index in [-0.39, 0.29) is 0 Å². The largest absolute Gasteiger partial charge is 0.544 e. The zero-order valence-electron chi connectivity index (χ0n) is 17.3. The van der Waals surface area contributed by atoms with Gasteiger partial charge in [-0.05, 0) is 19.3 Å². The Kier molecular flexibility index (Phi) is 14.2. The van der Waals surface area contributed by atoms with Gasteiger partial charge in [0.2, 0.25) is 0 Å². The third-order valence-corrected chi connectivity index (χ3v) is 5.37. The number of nitrogens with zero attached hydrogens (tertiary/aromatic N) is 1. The summed E-state index contributed by atoms with van der Waals surface area (Å²) in [6, 6.07) is -0.492. The molecule has 0 heterocycles. The summed E-state index contributed by atoms with van der Waals surface area (Å²) in [4.78, 5) is 11.9. The Balaban J connectivity index is 5.23. The lowest BCUT2D eigenvalue weighted by Crippen LogP contribution is -2.64. The van der Waals surface area contributed by atoms with Gasteiger partial charge in [0.1, 0.15) is 18.7 Å². The molecule has 1 N–H and O–H groups in total. The number of hydrogen-bond donors (Lipinski definition) is 1. The van der Waals surface area contributed by atoms with E-state index in [9.17, 15) is 15.0 Å². The second kappa shape index (κ2) is 14.5. The van der Waals surface area contributed by atoms with Crippen LogP contribution in [0.5, 0.6) is 0 Å². The summed E-state index contributed by atoms with van der Waals surface area (Å²) in [5.74, 6) is -0.938. The number of hydrogen-bond acceptors (Lipinski definition) is 3. The third kappa shape index (κ3) is 9.60. The first-order valence-electron chi connectivity index (χ1n) is 10.7. The van der Waals surface area contributed by atoms with E-state index in [1.807, 2.05) is 6.92 Å². The molecule has 0 saturated carbocycles. The fourth-order valence-electron chi connectivity index (χ4n) is 3.89. The van der Waals surface area contributed by atoms with E-state index >= 15 is 0 Å². The molecule has 0 amide bonds. The highest BCUT2D eigenvalue weighted by molar-refractivity contribution is 5.69. The van der Waals surface area contributed by atoms with Crippen molar-refractivity contribution in [2.24, 2.45) is 0 Å². The lowest BCUT2D eigenvalue weighted by atomic mass is 10.0. The van der Waals surface area contributed by atoms with Gasteiger partial charge in [0.05, 0.1) is 19.1 Å². The van der Waals surface area contributed by atoms with Crippen molar-refractivity contribution in [3.63, 3.8) is 0 Å². The lowest BCUT2D eigenvalue weighted by Gasteiger charge is -2.47. The number of aliphatic hydroxyl groups excluding tert-OH is 1. The molecule has 0 fully saturated rings. The van der Waals surface area contributed by atoms with Crippen molar-refractivity contribution in [1.29, 1.82) is 0 Å². The van der Waals surface area contributed by atoms with Crippen molar-refractivity contribution in [1.82, 2.24) is 0 Å². The normalized spacial score (nSPS) is 14.4. The van der Waals surface area contributed by atoms with Gasteiger partial charge in [0.15, 0.2) is 0 Å². The van der Waals surface area contributed by atoms with E-state index in [1.54, 1.807) is 0 Å². The topological polar surface area (TPSA) is 60.4 Å². The number of carboxylic acid groups (broad SMARTS) is 1. The minimum absolute atomic E-state index is 0.413. The maximum absolute atomic E-state index is 11.9. The summed E-state index contributed by atoms with van der Waals surface area (Å²) in [5.41, 5.74) is 0. The maximum Gasteiger partial charge on any atom is 0.129 e. The fraction of sp³-hybridized carbons (Fsp3) is 0.952. The number of unbranched alkanes of at least 4 members (excludes halogenated alkanes) is 5. The first kappa shape index (κ1) is 24.4. The molecule has 0 aromatic heterocycles. The van der Waals surface area contributed by atoms with Gasteiger partial charge >= 0.3 is 0 Å². The van der Waals surface area contributed by atoms with E-state index in [4.69, 9.17) is 0 Å². The van der Waals surface area contributed by atoms with Crippen LogP contribution in [0.4, 0.5) is 0 Å². The quantitative estimate of drug-likeness (QED) is 0.319. The molecule has 25 heavy (non-hydrogen) atoms. The Labute approximate surface area is 156 Å². The SMILES string of the molecule is CCCCCCC(O)C[N+](CCCC)(CCCC)C(CCC)C(=O)[O-]. The summed E-state index contributed by atoms with van der Waals surface area (Å²) in [7, 11) is 0. The smallest absolute Gasteiger partial charge is 0.129 e. The predicted molar refractivity (Wildman–Crippen MR) is 103 cm³/mol. The maximum atomic E-state index is 11.9. The molecule has 2 unspecified atom stereocenters. The van der Waals surface area contributed by atoms with Crippen LogP contribution in [0.3, 0.4) is 0 Å². The number of carbonyl (C=O) groups is 1. The van der Waals surface area contributed by atoms with Crippen LogP contribution in [-0.4, -0.2) is 47.3 Å². The van der Waals surface area contributed by atoms with Gasteiger partial charge in [-0.3, -0.25) is 0 Å². The van der Waals surface area contributed by atoms with Gasteiger partial charge in [-0.2, -0.15) is 0 Å². The van der Waals surface area contributed by atoms with Crippen molar-refractivity contribution < 1.29 is 19.5 Å². The predicted octanol–water partition coefficient (Wildman–Crippen LogP) is 3.65. The standard InChI is InChI=1S/C21H43NO3/c1-5-9-12-13-15-19(23)18-22(16-10-6-2,17-11-7-3)20(14-8-4)21(24)25/h19-20,23H,5-18H2,1-4H3. The van der Waals surface area contributed by atoms with Crippen molar-refractivity contribution >= 4 is 5.97 Å². The van der Waals surface area contributed by atoms with Crippen LogP contribution in [0, 0.1) is 0 Å². The second-order valence-corrected chi connectivity index (χ2v) is 7.68. The molecule has 4 nitrogen and oxygen atoms in total. The Hall–Kier alpha value is -0.610. The van der Waals surface area contributed by atoms with Crippen LogP contribution >= 0.6 is 0 Å². The highest BCUT2D eigenvalue weighted by Crippen LogP contribution is 2.24. The van der Waals surface area contributed by atoms with E-state index in [1.165, 1.54) is 12.8 Å². The van der Waals surface area contributed by atoms with Gasteiger partial charge in [0, 0.05) is 6.42 Å². The molecule has 0 aliphatic heterocycles. The number of carboxylic acids is 1. The number of carbonyl (C=O) groups excluding carboxylic acids is 1. The third-order valence-electron chi connectivity index (χ3n) is 5.37. The summed E-state index contributed by atoms with van der Waals surface area (Å²) in [5, 5.41) is 22.6. The molecular weight excluding hydrogens is 314 g/mol. The molecule has 0 bridgehead atoms. The Morgan fingerprint density at radius 3 is 1.84 bits per heavy atom. The number of quaternary nitrogens is 1. The van der Waals surface area contributed by atoms with E-state index in [0.717, 1.165) is 64.5 Å². The number of rotatable bonds is 17. The van der Waals surface area contributed by atoms with Crippen LogP contribution in [0.1, 0.15) is 98.3 Å². The number of aliphatic hydroxyl groups is 1.